The molecule has 0 fully saturated rings. The molecule has 2 rings (SSSR count). The molecule has 146 valence electrons. The molecule has 0 aliphatic rings. The van der Waals surface area contributed by atoms with E-state index in [9.17, 15) is 13.6 Å². The molecule has 4 nitrogen and oxygen atoms in total. The van der Waals surface area contributed by atoms with E-state index in [4.69, 9.17) is 4.74 Å². The van der Waals surface area contributed by atoms with Crippen molar-refractivity contribution in [2.24, 2.45) is 5.92 Å². The van der Waals surface area contributed by atoms with E-state index in [1.54, 1.807) is 24.4 Å². The summed E-state index contributed by atoms with van der Waals surface area (Å²) in [6, 6.07) is 9.73. The number of benzene rings is 1. The summed E-state index contributed by atoms with van der Waals surface area (Å²) in [7, 11) is 0. The van der Waals surface area contributed by atoms with Gasteiger partial charge in [0.05, 0.1) is 6.61 Å². The normalized spacial score (nSPS) is 12.5. The van der Waals surface area contributed by atoms with Gasteiger partial charge in [0.2, 0.25) is 0 Å². The number of pyridine rings is 1. The van der Waals surface area contributed by atoms with E-state index in [1.165, 1.54) is 12.1 Å². The van der Waals surface area contributed by atoms with E-state index >= 15 is 0 Å². The Bertz CT molecular complexity index is 742. The van der Waals surface area contributed by atoms with Gasteiger partial charge in [0.1, 0.15) is 17.2 Å². The first-order valence-electron chi connectivity index (χ1n) is 9.04. The molecule has 0 radical (unpaired) electrons. The molecule has 0 aliphatic heterocycles. The van der Waals surface area contributed by atoms with E-state index in [0.29, 0.717) is 43.7 Å². The Morgan fingerprint density at radius 1 is 1.22 bits per heavy atom. The van der Waals surface area contributed by atoms with Crippen LogP contribution in [0.25, 0.3) is 0 Å². The number of hydrogen-bond donors (Lipinski definition) is 0. The topological polar surface area (TPSA) is 48.4 Å². The second-order valence-corrected chi connectivity index (χ2v) is 6.68. The summed E-state index contributed by atoms with van der Waals surface area (Å²) in [6.07, 6.45) is 0.481. The summed E-state index contributed by atoms with van der Waals surface area (Å²) >= 11 is 0. The minimum Gasteiger partial charge on any atom is -0.493 e. The lowest BCUT2D eigenvalue weighted by Crippen LogP contribution is -2.19. The highest BCUT2D eigenvalue weighted by Crippen LogP contribution is 2.25. The van der Waals surface area contributed by atoms with Gasteiger partial charge in [-0.3, -0.25) is 9.78 Å². The predicted octanol–water partition coefficient (Wildman–Crippen LogP) is 5.31. The quantitative estimate of drug-likeness (QED) is 0.526. The maximum atomic E-state index is 12.9. The largest absolute Gasteiger partial charge is 0.493 e. The number of carbonyl (C=O) groups is 1. The highest BCUT2D eigenvalue weighted by atomic mass is 19.3. The number of ether oxygens (including phenoxy) is 2. The van der Waals surface area contributed by atoms with Crippen LogP contribution in [0.3, 0.4) is 0 Å². The third kappa shape index (κ3) is 7.33. The summed E-state index contributed by atoms with van der Waals surface area (Å²) in [5.74, 6) is 0.896. The Labute approximate surface area is 158 Å². The number of rotatable bonds is 10. The number of nitrogens with zero attached hydrogens (tertiary/aromatic N) is 1. The van der Waals surface area contributed by atoms with Crippen molar-refractivity contribution in [3.05, 3.63) is 53.9 Å². The zero-order chi connectivity index (χ0) is 19.9. The van der Waals surface area contributed by atoms with Gasteiger partial charge in [0.15, 0.2) is 5.78 Å². The van der Waals surface area contributed by atoms with Gasteiger partial charge in [-0.1, -0.05) is 32.4 Å². The molecule has 0 bridgehead atoms. The Morgan fingerprint density at radius 3 is 2.59 bits per heavy atom. The minimum absolute atomic E-state index is 0.0471. The van der Waals surface area contributed by atoms with Crippen LogP contribution in [-0.2, 0) is 6.42 Å². The van der Waals surface area contributed by atoms with Crippen molar-refractivity contribution >= 4 is 5.78 Å². The Hall–Kier alpha value is -2.50. The van der Waals surface area contributed by atoms with Gasteiger partial charge in [0.25, 0.3) is 0 Å². The van der Waals surface area contributed by atoms with Crippen LogP contribution < -0.4 is 9.47 Å². The number of alkyl halides is 2. The lowest BCUT2D eigenvalue weighted by molar-refractivity contribution is -0.159. The van der Waals surface area contributed by atoms with Crippen LogP contribution in [0.15, 0.2) is 42.6 Å². The molecular weight excluding hydrogens is 352 g/mol. The van der Waals surface area contributed by atoms with Crippen LogP contribution in [-0.4, -0.2) is 23.5 Å². The van der Waals surface area contributed by atoms with Crippen molar-refractivity contribution in [2.45, 2.75) is 46.1 Å². The zero-order valence-corrected chi connectivity index (χ0v) is 15.9. The van der Waals surface area contributed by atoms with Gasteiger partial charge in [0, 0.05) is 32.0 Å². The van der Waals surface area contributed by atoms with Crippen LogP contribution in [0.2, 0.25) is 0 Å². The average Bonchev–Trinajstić information content (AvgIpc) is 2.61. The first-order chi connectivity index (χ1) is 12.8. The fraction of sp³-hybridized carbons (Fsp3) is 0.429. The van der Waals surface area contributed by atoms with Crippen molar-refractivity contribution in [3.8, 4) is 11.5 Å². The standard InChI is InChI=1S/C21H25F2NO3/c1-4-15(2)12-20(25)19-9-8-16(14-24-19)10-11-26-17-6-5-7-18(13-17)27-21(3,22)23/h5-9,13-15H,4,10-12H2,1-3H3. The smallest absolute Gasteiger partial charge is 0.394 e. The molecule has 1 atom stereocenters. The fourth-order valence-electron chi connectivity index (χ4n) is 2.42. The third-order valence-corrected chi connectivity index (χ3v) is 4.10. The molecular formula is C21H25F2NO3. The van der Waals surface area contributed by atoms with Crippen molar-refractivity contribution < 1.29 is 23.0 Å². The van der Waals surface area contributed by atoms with Crippen LogP contribution in [0.1, 0.15) is 49.7 Å². The van der Waals surface area contributed by atoms with Crippen LogP contribution in [0.5, 0.6) is 11.5 Å². The molecule has 6 heteroatoms. The van der Waals surface area contributed by atoms with Crippen LogP contribution in [0, 0.1) is 5.92 Å². The maximum absolute atomic E-state index is 12.9. The van der Waals surface area contributed by atoms with E-state index in [0.717, 1.165) is 12.0 Å². The lowest BCUT2D eigenvalue weighted by atomic mass is 10.00. The zero-order valence-electron chi connectivity index (χ0n) is 15.9. The molecule has 0 N–H and O–H groups in total. The number of hydrogen-bond acceptors (Lipinski definition) is 4. The van der Waals surface area contributed by atoms with E-state index in [-0.39, 0.29) is 11.5 Å². The monoisotopic (exact) mass is 377 g/mol. The number of ketones is 1. The summed E-state index contributed by atoms with van der Waals surface area (Å²) in [5, 5.41) is 0. The molecule has 0 saturated heterocycles. The highest BCUT2D eigenvalue weighted by molar-refractivity contribution is 5.94. The SMILES string of the molecule is CCC(C)CC(=O)c1ccc(CCOc2cccc(OC(C)(F)F)c2)cn1. The third-order valence-electron chi connectivity index (χ3n) is 4.10. The van der Waals surface area contributed by atoms with Crippen LogP contribution in [0.4, 0.5) is 8.78 Å². The van der Waals surface area contributed by atoms with Gasteiger partial charge in [-0.25, -0.2) is 0 Å². The Kier molecular flexibility index (Phi) is 7.28. The lowest BCUT2D eigenvalue weighted by Gasteiger charge is -2.14. The minimum atomic E-state index is -3.24. The molecule has 0 amide bonds. The first kappa shape index (κ1) is 20.8. The number of aromatic nitrogens is 1. The highest BCUT2D eigenvalue weighted by Gasteiger charge is 2.23. The summed E-state index contributed by atoms with van der Waals surface area (Å²) in [5.41, 5.74) is 1.41. The summed E-state index contributed by atoms with van der Waals surface area (Å²) in [4.78, 5) is 16.3. The Balaban J connectivity index is 1.85. The second-order valence-electron chi connectivity index (χ2n) is 6.68. The molecule has 1 unspecified atom stereocenters. The van der Waals surface area contributed by atoms with Gasteiger partial charge < -0.3 is 9.47 Å². The average molecular weight is 377 g/mol. The van der Waals surface area contributed by atoms with Crippen LogP contribution >= 0.6 is 0 Å². The van der Waals surface area contributed by atoms with Gasteiger partial charge in [-0.05, 0) is 29.7 Å². The summed E-state index contributed by atoms with van der Waals surface area (Å²) in [6.45, 7) is 5.15. The second kappa shape index (κ2) is 9.44. The van der Waals surface area contributed by atoms with Crippen molar-refractivity contribution in [1.82, 2.24) is 4.98 Å². The number of carbonyl (C=O) groups excluding carboxylic acids is 1. The van der Waals surface area contributed by atoms with E-state index in [1.807, 2.05) is 13.0 Å². The summed E-state index contributed by atoms with van der Waals surface area (Å²) < 4.78 is 35.9. The number of Topliss-reactive ketones (excluding diaryl/α,β-unsaturated/α-hetero) is 1. The Morgan fingerprint density at radius 2 is 1.96 bits per heavy atom. The molecule has 27 heavy (non-hydrogen) atoms. The first-order valence-corrected chi connectivity index (χ1v) is 9.04. The van der Waals surface area contributed by atoms with Gasteiger partial charge in [-0.15, -0.1) is 0 Å². The predicted molar refractivity (Wildman–Crippen MR) is 99.5 cm³/mol. The van der Waals surface area contributed by atoms with E-state index < -0.39 is 6.11 Å². The van der Waals surface area contributed by atoms with Gasteiger partial charge in [-0.2, -0.15) is 8.78 Å². The molecule has 2 aromatic rings. The molecule has 1 aromatic heterocycles. The number of halogens is 2. The molecule has 1 heterocycles. The molecule has 0 spiro atoms. The van der Waals surface area contributed by atoms with Crippen molar-refractivity contribution in [1.29, 1.82) is 0 Å². The molecule has 1 aromatic carbocycles. The maximum Gasteiger partial charge on any atom is 0.394 e. The molecule has 0 aliphatic carbocycles. The van der Waals surface area contributed by atoms with Gasteiger partial charge >= 0.3 is 6.11 Å². The van der Waals surface area contributed by atoms with E-state index in [2.05, 4.69) is 16.6 Å². The fourth-order valence-corrected chi connectivity index (χ4v) is 2.42. The van der Waals surface area contributed by atoms with Crippen molar-refractivity contribution in [2.75, 3.05) is 6.61 Å². The molecule has 0 saturated carbocycles. The van der Waals surface area contributed by atoms with Crippen molar-refractivity contribution in [3.63, 3.8) is 0 Å².